The molecule has 1 aromatic heterocycles. The largest absolute Gasteiger partial charge is 0.395 e. The van der Waals surface area contributed by atoms with Crippen molar-refractivity contribution >= 4 is 5.91 Å². The van der Waals surface area contributed by atoms with E-state index < -0.39 is 0 Å². The number of carbonyl (C=O) groups is 1. The van der Waals surface area contributed by atoms with E-state index in [1.165, 1.54) is 5.56 Å². The zero-order valence-electron chi connectivity index (χ0n) is 19.8. The number of pyridine rings is 1. The molecule has 3 heterocycles. The molecule has 0 radical (unpaired) electrons. The molecule has 35 heavy (non-hydrogen) atoms. The van der Waals surface area contributed by atoms with Crippen LogP contribution in [0.4, 0.5) is 0 Å². The summed E-state index contributed by atoms with van der Waals surface area (Å²) in [7, 11) is 0. The van der Waals surface area contributed by atoms with E-state index in [1.807, 2.05) is 41.3 Å². The Hall–Kier alpha value is -3.53. The fourth-order valence-corrected chi connectivity index (χ4v) is 5.62. The number of hydrogen-bond donors (Lipinski definition) is 1. The highest BCUT2D eigenvalue weighted by molar-refractivity contribution is 5.78. The highest BCUT2D eigenvalue weighted by Gasteiger charge is 2.49. The van der Waals surface area contributed by atoms with Crippen molar-refractivity contribution < 1.29 is 9.90 Å². The number of fused-ring (bicyclic) bond motifs is 1. The predicted octanol–water partition coefficient (Wildman–Crippen LogP) is 3.61. The van der Waals surface area contributed by atoms with Gasteiger partial charge in [-0.3, -0.25) is 14.7 Å². The van der Waals surface area contributed by atoms with Crippen molar-refractivity contribution in [2.75, 3.05) is 26.2 Å². The van der Waals surface area contributed by atoms with Crippen LogP contribution in [0.2, 0.25) is 0 Å². The molecule has 3 atom stereocenters. The smallest absolute Gasteiger partial charge is 0.227 e. The van der Waals surface area contributed by atoms with Crippen LogP contribution in [0.15, 0.2) is 73.1 Å². The fraction of sp³-hybridized carbons (Fsp3) is 0.345. The van der Waals surface area contributed by atoms with Gasteiger partial charge in [-0.25, -0.2) is 0 Å². The van der Waals surface area contributed by atoms with Crippen LogP contribution < -0.4 is 0 Å². The van der Waals surface area contributed by atoms with Gasteiger partial charge in [0, 0.05) is 43.5 Å². The van der Waals surface area contributed by atoms with Crippen LogP contribution in [-0.4, -0.2) is 64.1 Å². The minimum absolute atomic E-state index is 0.0722. The molecule has 1 N–H and O–H groups in total. The highest BCUT2D eigenvalue weighted by Crippen LogP contribution is 2.42. The first kappa shape index (κ1) is 23.2. The molecule has 5 rings (SSSR count). The molecule has 3 aromatic rings. The van der Waals surface area contributed by atoms with Crippen LogP contribution in [0.5, 0.6) is 0 Å². The number of nitrogens with zero attached hydrogens (tertiary/aromatic N) is 4. The first-order chi connectivity index (χ1) is 17.2. The number of hydrogen-bond acceptors (Lipinski definition) is 5. The van der Waals surface area contributed by atoms with Crippen molar-refractivity contribution in [3.8, 4) is 17.2 Å². The van der Waals surface area contributed by atoms with E-state index in [2.05, 4.69) is 40.2 Å². The van der Waals surface area contributed by atoms with E-state index in [4.69, 9.17) is 0 Å². The van der Waals surface area contributed by atoms with Gasteiger partial charge in [0.15, 0.2) is 0 Å². The van der Waals surface area contributed by atoms with E-state index in [-0.39, 0.29) is 30.5 Å². The Labute approximate surface area is 206 Å². The lowest BCUT2D eigenvalue weighted by atomic mass is 9.74. The summed E-state index contributed by atoms with van der Waals surface area (Å²) in [5.74, 6) is 0.325. The molecule has 2 fully saturated rings. The maximum atomic E-state index is 13.2. The Morgan fingerprint density at radius 3 is 2.54 bits per heavy atom. The zero-order chi connectivity index (χ0) is 24.2. The lowest BCUT2D eigenvalue weighted by Gasteiger charge is -2.57. The molecule has 2 aliphatic heterocycles. The summed E-state index contributed by atoms with van der Waals surface area (Å²) in [5, 5.41) is 19.4. The molecular formula is C29H30N4O2. The van der Waals surface area contributed by atoms with Gasteiger partial charge in [-0.05, 0) is 65.9 Å². The third kappa shape index (κ3) is 4.84. The van der Waals surface area contributed by atoms with Crippen molar-refractivity contribution in [2.45, 2.75) is 37.3 Å². The molecule has 0 unspecified atom stereocenters. The SMILES string of the molecule is N#Cc1cccc(-c2ccc([C@H]3[C@@H](CO)N4CCCCN(C(=O)Cc5ccncc5)C[C@H]34)cc2)c1. The second-order valence-corrected chi connectivity index (χ2v) is 9.47. The molecule has 2 saturated heterocycles. The average Bonchev–Trinajstić information content (AvgIpc) is 2.88. The van der Waals surface area contributed by atoms with E-state index in [0.717, 1.165) is 42.6 Å². The number of amides is 1. The molecule has 2 aromatic carbocycles. The second-order valence-electron chi connectivity index (χ2n) is 9.47. The Kier molecular flexibility index (Phi) is 6.89. The van der Waals surface area contributed by atoms with Gasteiger partial charge in [-0.15, -0.1) is 0 Å². The summed E-state index contributed by atoms with van der Waals surface area (Å²) >= 11 is 0. The third-order valence-electron chi connectivity index (χ3n) is 7.45. The molecular weight excluding hydrogens is 436 g/mol. The Morgan fingerprint density at radius 1 is 1.03 bits per heavy atom. The summed E-state index contributed by atoms with van der Waals surface area (Å²) in [4.78, 5) is 21.6. The molecule has 178 valence electrons. The van der Waals surface area contributed by atoms with E-state index in [9.17, 15) is 15.2 Å². The Morgan fingerprint density at radius 2 is 1.80 bits per heavy atom. The maximum Gasteiger partial charge on any atom is 0.227 e. The van der Waals surface area contributed by atoms with E-state index >= 15 is 0 Å². The van der Waals surface area contributed by atoms with Gasteiger partial charge in [0.25, 0.3) is 0 Å². The van der Waals surface area contributed by atoms with Crippen molar-refractivity contribution in [3.63, 3.8) is 0 Å². The monoisotopic (exact) mass is 466 g/mol. The van der Waals surface area contributed by atoms with Crippen LogP contribution in [0.3, 0.4) is 0 Å². The maximum absolute atomic E-state index is 13.2. The van der Waals surface area contributed by atoms with Crippen LogP contribution in [-0.2, 0) is 11.2 Å². The van der Waals surface area contributed by atoms with Gasteiger partial charge in [0.1, 0.15) is 0 Å². The minimum Gasteiger partial charge on any atom is -0.395 e. The summed E-state index contributed by atoms with van der Waals surface area (Å²) < 4.78 is 0. The molecule has 1 amide bonds. The summed E-state index contributed by atoms with van der Waals surface area (Å²) in [6, 6.07) is 22.4. The molecule has 0 spiro atoms. The second kappa shape index (κ2) is 10.4. The average molecular weight is 467 g/mol. The Bertz CT molecular complexity index is 1210. The number of aromatic nitrogens is 1. The molecule has 0 saturated carbocycles. The van der Waals surface area contributed by atoms with Gasteiger partial charge in [-0.1, -0.05) is 36.4 Å². The van der Waals surface area contributed by atoms with Crippen LogP contribution >= 0.6 is 0 Å². The quantitative estimate of drug-likeness (QED) is 0.621. The Balaban J connectivity index is 1.35. The third-order valence-corrected chi connectivity index (χ3v) is 7.45. The number of aliphatic hydroxyl groups is 1. The van der Waals surface area contributed by atoms with Crippen LogP contribution in [0.25, 0.3) is 11.1 Å². The van der Waals surface area contributed by atoms with Crippen molar-refractivity contribution in [1.82, 2.24) is 14.8 Å². The van der Waals surface area contributed by atoms with Crippen molar-refractivity contribution in [2.24, 2.45) is 0 Å². The van der Waals surface area contributed by atoms with Gasteiger partial charge in [-0.2, -0.15) is 5.26 Å². The number of rotatable bonds is 5. The van der Waals surface area contributed by atoms with Gasteiger partial charge in [0.05, 0.1) is 24.7 Å². The number of aliphatic hydroxyl groups excluding tert-OH is 1. The molecule has 0 bridgehead atoms. The van der Waals surface area contributed by atoms with Crippen LogP contribution in [0.1, 0.15) is 35.4 Å². The molecule has 6 nitrogen and oxygen atoms in total. The van der Waals surface area contributed by atoms with Crippen molar-refractivity contribution in [1.29, 1.82) is 5.26 Å². The van der Waals surface area contributed by atoms with Gasteiger partial charge < -0.3 is 10.0 Å². The molecule has 2 aliphatic rings. The van der Waals surface area contributed by atoms with E-state index in [0.29, 0.717) is 18.5 Å². The number of carbonyl (C=O) groups excluding carboxylic acids is 1. The predicted molar refractivity (Wildman–Crippen MR) is 134 cm³/mol. The molecule has 6 heteroatoms. The summed E-state index contributed by atoms with van der Waals surface area (Å²) in [6.07, 6.45) is 5.84. The zero-order valence-corrected chi connectivity index (χ0v) is 19.8. The normalized spacial score (nSPS) is 22.3. The van der Waals surface area contributed by atoms with Crippen LogP contribution in [0, 0.1) is 11.3 Å². The topological polar surface area (TPSA) is 80.5 Å². The minimum atomic E-state index is 0.0722. The van der Waals surface area contributed by atoms with Crippen molar-refractivity contribution in [3.05, 3.63) is 89.7 Å². The number of benzene rings is 2. The number of nitriles is 1. The first-order valence-electron chi connectivity index (χ1n) is 12.3. The summed E-state index contributed by atoms with van der Waals surface area (Å²) in [5.41, 5.74) is 4.90. The van der Waals surface area contributed by atoms with E-state index in [1.54, 1.807) is 12.4 Å². The standard InChI is InChI=1S/C29H30N4O2/c30-18-22-4-3-5-25(16-22)23-6-8-24(9-7-23)29-26-19-32(14-1-2-15-33(26)27(29)20-34)28(35)17-21-10-12-31-13-11-21/h3-13,16,26-27,29,34H,1-2,14-15,17,19-20H2/t26-,27-,29-/m1/s1. The molecule has 0 aliphatic carbocycles. The lowest BCUT2D eigenvalue weighted by Crippen LogP contribution is -2.68. The summed E-state index contributed by atoms with van der Waals surface area (Å²) in [6.45, 7) is 2.52. The fourth-order valence-electron chi connectivity index (χ4n) is 5.62. The van der Waals surface area contributed by atoms with Gasteiger partial charge >= 0.3 is 0 Å². The first-order valence-corrected chi connectivity index (χ1v) is 12.3. The van der Waals surface area contributed by atoms with Gasteiger partial charge in [0.2, 0.25) is 5.91 Å². The highest BCUT2D eigenvalue weighted by atomic mass is 16.3. The lowest BCUT2D eigenvalue weighted by molar-refractivity contribution is -0.135.